The van der Waals surface area contributed by atoms with Crippen molar-refractivity contribution in [1.82, 2.24) is 9.88 Å². The fourth-order valence-corrected chi connectivity index (χ4v) is 2.44. The second-order valence-electron chi connectivity index (χ2n) is 4.25. The van der Waals surface area contributed by atoms with Gasteiger partial charge in [0.15, 0.2) is 0 Å². The van der Waals surface area contributed by atoms with Crippen molar-refractivity contribution >= 4 is 10.9 Å². The number of hydrogen-bond donors (Lipinski definition) is 1. The molecule has 0 aliphatic carbocycles. The highest BCUT2D eigenvalue weighted by molar-refractivity contribution is 5.78. The molecule has 1 aliphatic heterocycles. The molecule has 0 amide bonds. The Bertz CT molecular complexity index is 567. The third-order valence-electron chi connectivity index (χ3n) is 3.24. The summed E-state index contributed by atoms with van der Waals surface area (Å²) in [6.45, 7) is 1.90. The van der Waals surface area contributed by atoms with Gasteiger partial charge in [-0.05, 0) is 30.5 Å². The lowest BCUT2D eigenvalue weighted by molar-refractivity contribution is 0.548. The van der Waals surface area contributed by atoms with Crippen LogP contribution >= 0.6 is 0 Å². The fourth-order valence-electron chi connectivity index (χ4n) is 2.44. The van der Waals surface area contributed by atoms with E-state index in [2.05, 4.69) is 5.32 Å². The number of hydrogen-bond acceptors (Lipinski definition) is 2. The van der Waals surface area contributed by atoms with E-state index in [4.69, 9.17) is 0 Å². The molecule has 82 valence electrons. The molecular formula is C13H14N2O. The molecule has 1 atom stereocenters. The summed E-state index contributed by atoms with van der Waals surface area (Å²) in [4.78, 5) is 12.0. The van der Waals surface area contributed by atoms with Crippen molar-refractivity contribution in [3.8, 4) is 0 Å². The van der Waals surface area contributed by atoms with Crippen molar-refractivity contribution in [1.29, 1.82) is 0 Å². The van der Waals surface area contributed by atoms with Crippen LogP contribution in [-0.2, 0) is 0 Å². The zero-order chi connectivity index (χ0) is 11.0. The minimum absolute atomic E-state index is 0.104. The van der Waals surface area contributed by atoms with Gasteiger partial charge in [0.25, 0.3) is 5.56 Å². The minimum Gasteiger partial charge on any atom is -0.315 e. The minimum atomic E-state index is 0.104. The van der Waals surface area contributed by atoms with Crippen LogP contribution in [0.2, 0.25) is 0 Å². The predicted molar refractivity (Wildman–Crippen MR) is 64.7 cm³/mol. The van der Waals surface area contributed by atoms with Crippen molar-refractivity contribution in [2.24, 2.45) is 0 Å². The van der Waals surface area contributed by atoms with E-state index in [0.29, 0.717) is 6.04 Å². The number of benzene rings is 1. The van der Waals surface area contributed by atoms with Gasteiger partial charge in [-0.3, -0.25) is 4.79 Å². The topological polar surface area (TPSA) is 34.0 Å². The zero-order valence-corrected chi connectivity index (χ0v) is 9.02. The Hall–Kier alpha value is -1.61. The largest absolute Gasteiger partial charge is 0.315 e. The smallest absolute Gasteiger partial charge is 0.251 e. The van der Waals surface area contributed by atoms with Crippen LogP contribution < -0.4 is 10.9 Å². The standard InChI is InChI=1S/C13H14N2O/c16-13-6-5-10-3-1-2-4-12(10)15(13)11-7-8-14-9-11/h1-6,11,14H,7-9H2. The van der Waals surface area contributed by atoms with Crippen molar-refractivity contribution in [3.63, 3.8) is 0 Å². The number of aromatic nitrogens is 1. The number of nitrogens with zero attached hydrogens (tertiary/aromatic N) is 1. The third kappa shape index (κ3) is 1.44. The molecule has 1 N–H and O–H groups in total. The van der Waals surface area contributed by atoms with E-state index < -0.39 is 0 Å². The molecule has 3 nitrogen and oxygen atoms in total. The van der Waals surface area contributed by atoms with Crippen molar-refractivity contribution in [2.45, 2.75) is 12.5 Å². The van der Waals surface area contributed by atoms with E-state index >= 15 is 0 Å². The SMILES string of the molecule is O=c1ccc2ccccc2n1C1CCNC1. The maximum atomic E-state index is 12.0. The van der Waals surface area contributed by atoms with Gasteiger partial charge in [0, 0.05) is 12.6 Å². The highest BCUT2D eigenvalue weighted by Gasteiger charge is 2.18. The lowest BCUT2D eigenvalue weighted by Crippen LogP contribution is -2.25. The monoisotopic (exact) mass is 214 g/mol. The number of rotatable bonds is 1. The Morgan fingerprint density at radius 1 is 1.19 bits per heavy atom. The second kappa shape index (κ2) is 3.76. The maximum Gasteiger partial charge on any atom is 0.251 e. The summed E-state index contributed by atoms with van der Waals surface area (Å²) in [5.41, 5.74) is 1.15. The molecule has 2 heterocycles. The maximum absolute atomic E-state index is 12.0. The summed E-state index contributed by atoms with van der Waals surface area (Å²) in [6, 6.07) is 11.9. The molecule has 1 unspecified atom stereocenters. The van der Waals surface area contributed by atoms with Gasteiger partial charge >= 0.3 is 0 Å². The van der Waals surface area contributed by atoms with Gasteiger partial charge in [0.05, 0.1) is 11.6 Å². The first-order chi connectivity index (χ1) is 7.86. The molecule has 1 saturated heterocycles. The van der Waals surface area contributed by atoms with Crippen LogP contribution in [0.25, 0.3) is 10.9 Å². The Labute approximate surface area is 93.7 Å². The molecule has 3 heteroatoms. The molecule has 1 aromatic carbocycles. The summed E-state index contributed by atoms with van der Waals surface area (Å²) in [6.07, 6.45) is 1.04. The van der Waals surface area contributed by atoms with Gasteiger partial charge in [0.1, 0.15) is 0 Å². The van der Waals surface area contributed by atoms with Crippen molar-refractivity contribution in [2.75, 3.05) is 13.1 Å². The van der Waals surface area contributed by atoms with Crippen LogP contribution in [0.3, 0.4) is 0 Å². The summed E-state index contributed by atoms with van der Waals surface area (Å²) in [5, 5.41) is 4.44. The molecular weight excluding hydrogens is 200 g/mol. The molecule has 0 spiro atoms. The van der Waals surface area contributed by atoms with Gasteiger partial charge in [-0.1, -0.05) is 18.2 Å². The molecule has 1 aromatic heterocycles. The Morgan fingerprint density at radius 3 is 2.88 bits per heavy atom. The lowest BCUT2D eigenvalue weighted by atomic mass is 10.1. The van der Waals surface area contributed by atoms with Gasteiger partial charge in [-0.15, -0.1) is 0 Å². The van der Waals surface area contributed by atoms with E-state index in [1.165, 1.54) is 0 Å². The highest BCUT2D eigenvalue weighted by atomic mass is 16.1. The van der Waals surface area contributed by atoms with Crippen LogP contribution in [0.1, 0.15) is 12.5 Å². The Morgan fingerprint density at radius 2 is 2.06 bits per heavy atom. The van der Waals surface area contributed by atoms with Gasteiger partial charge in [0.2, 0.25) is 0 Å². The predicted octanol–water partition coefficient (Wildman–Crippen LogP) is 1.54. The van der Waals surface area contributed by atoms with Crippen molar-refractivity contribution < 1.29 is 0 Å². The number of para-hydroxylation sites is 1. The first kappa shape index (κ1) is 9.60. The average Bonchev–Trinajstić information content (AvgIpc) is 2.82. The molecule has 0 bridgehead atoms. The van der Waals surface area contributed by atoms with Gasteiger partial charge in [-0.25, -0.2) is 0 Å². The van der Waals surface area contributed by atoms with Crippen LogP contribution in [0.15, 0.2) is 41.2 Å². The number of nitrogens with one attached hydrogen (secondary N) is 1. The molecule has 3 rings (SSSR count). The summed E-state index contributed by atoms with van der Waals surface area (Å²) < 4.78 is 1.93. The quantitative estimate of drug-likeness (QED) is 0.781. The van der Waals surface area contributed by atoms with E-state index in [-0.39, 0.29) is 5.56 Å². The van der Waals surface area contributed by atoms with Gasteiger partial charge in [-0.2, -0.15) is 0 Å². The molecule has 2 aromatic rings. The summed E-state index contributed by atoms with van der Waals surface area (Å²) in [5.74, 6) is 0. The highest BCUT2D eigenvalue weighted by Crippen LogP contribution is 2.19. The average molecular weight is 214 g/mol. The second-order valence-corrected chi connectivity index (χ2v) is 4.25. The first-order valence-electron chi connectivity index (χ1n) is 5.67. The zero-order valence-electron chi connectivity index (χ0n) is 9.02. The van der Waals surface area contributed by atoms with E-state index in [0.717, 1.165) is 30.4 Å². The van der Waals surface area contributed by atoms with Crippen LogP contribution in [0.5, 0.6) is 0 Å². The van der Waals surface area contributed by atoms with Crippen molar-refractivity contribution in [3.05, 3.63) is 46.8 Å². The van der Waals surface area contributed by atoms with Crippen LogP contribution in [0, 0.1) is 0 Å². The number of pyridine rings is 1. The molecule has 0 saturated carbocycles. The fraction of sp³-hybridized carbons (Fsp3) is 0.308. The van der Waals surface area contributed by atoms with Gasteiger partial charge < -0.3 is 9.88 Å². The Kier molecular flexibility index (Phi) is 2.26. The molecule has 1 aliphatic rings. The lowest BCUT2D eigenvalue weighted by Gasteiger charge is -2.15. The third-order valence-corrected chi connectivity index (χ3v) is 3.24. The molecule has 0 radical (unpaired) electrons. The normalized spacial score (nSPS) is 20.4. The Balaban J connectivity index is 2.27. The van der Waals surface area contributed by atoms with E-state index in [9.17, 15) is 4.79 Å². The van der Waals surface area contributed by atoms with Crippen LogP contribution in [0.4, 0.5) is 0 Å². The van der Waals surface area contributed by atoms with E-state index in [1.807, 2.05) is 34.9 Å². The van der Waals surface area contributed by atoms with Crippen LogP contribution in [-0.4, -0.2) is 17.7 Å². The van der Waals surface area contributed by atoms with E-state index in [1.54, 1.807) is 6.07 Å². The summed E-state index contributed by atoms with van der Waals surface area (Å²) >= 11 is 0. The summed E-state index contributed by atoms with van der Waals surface area (Å²) in [7, 11) is 0. The molecule has 1 fully saturated rings. The number of fused-ring (bicyclic) bond motifs is 1. The first-order valence-corrected chi connectivity index (χ1v) is 5.67. The molecule has 16 heavy (non-hydrogen) atoms.